The van der Waals surface area contributed by atoms with E-state index in [0.29, 0.717) is 25.9 Å². The predicted octanol–water partition coefficient (Wildman–Crippen LogP) is 3.39. The molecular formula is C26H33N3O3. The fourth-order valence-electron chi connectivity index (χ4n) is 4.04. The van der Waals surface area contributed by atoms with Gasteiger partial charge in [-0.1, -0.05) is 73.5 Å². The molecule has 1 saturated heterocycles. The maximum atomic E-state index is 13.2. The highest BCUT2D eigenvalue weighted by Gasteiger charge is 2.27. The zero-order chi connectivity index (χ0) is 22.6. The van der Waals surface area contributed by atoms with Gasteiger partial charge in [-0.2, -0.15) is 0 Å². The van der Waals surface area contributed by atoms with Gasteiger partial charge in [0.25, 0.3) is 0 Å². The van der Waals surface area contributed by atoms with Crippen LogP contribution in [-0.4, -0.2) is 42.3 Å². The van der Waals surface area contributed by atoms with Crippen LogP contribution in [-0.2, 0) is 20.8 Å². The highest BCUT2D eigenvalue weighted by Crippen LogP contribution is 2.25. The standard InChI is InChI=1S/C26H33N3O3/c30-24(16-15-21-11-5-3-6-12-21)28-20-26(32)29-18-10-2-1-9-17-27-25(31)19-23(29)22-13-7-4-8-14-22/h3-8,11-14,23H,1-2,9-10,15-20H2,(H,27,31)(H,28,30). The lowest BCUT2D eigenvalue weighted by atomic mass is 10.0. The van der Waals surface area contributed by atoms with E-state index in [-0.39, 0.29) is 36.7 Å². The second-order valence-corrected chi connectivity index (χ2v) is 8.24. The summed E-state index contributed by atoms with van der Waals surface area (Å²) in [6.07, 6.45) is 5.05. The first kappa shape index (κ1) is 23.5. The van der Waals surface area contributed by atoms with Crippen molar-refractivity contribution in [3.8, 4) is 0 Å². The van der Waals surface area contributed by atoms with E-state index in [1.165, 1.54) is 0 Å². The summed E-state index contributed by atoms with van der Waals surface area (Å²) in [4.78, 5) is 39.8. The highest BCUT2D eigenvalue weighted by molar-refractivity contribution is 5.86. The molecule has 170 valence electrons. The van der Waals surface area contributed by atoms with Crippen molar-refractivity contribution in [2.24, 2.45) is 0 Å². The summed E-state index contributed by atoms with van der Waals surface area (Å²) < 4.78 is 0. The summed E-state index contributed by atoms with van der Waals surface area (Å²) in [5.74, 6) is -0.349. The van der Waals surface area contributed by atoms with Gasteiger partial charge in [-0.15, -0.1) is 0 Å². The number of hydrogen-bond donors (Lipinski definition) is 2. The van der Waals surface area contributed by atoms with Crippen molar-refractivity contribution in [1.82, 2.24) is 15.5 Å². The summed E-state index contributed by atoms with van der Waals surface area (Å²) in [7, 11) is 0. The molecule has 2 aromatic carbocycles. The lowest BCUT2D eigenvalue weighted by Gasteiger charge is -2.32. The Labute approximate surface area is 190 Å². The summed E-state index contributed by atoms with van der Waals surface area (Å²) in [5, 5.41) is 5.75. The van der Waals surface area contributed by atoms with Gasteiger partial charge < -0.3 is 15.5 Å². The van der Waals surface area contributed by atoms with Crippen molar-refractivity contribution in [2.45, 2.75) is 51.0 Å². The SMILES string of the molecule is O=C(CCc1ccccc1)NCC(=O)N1CCCCCCNC(=O)CC1c1ccccc1. The molecule has 32 heavy (non-hydrogen) atoms. The number of carbonyl (C=O) groups excluding carboxylic acids is 3. The number of benzene rings is 2. The molecule has 1 unspecified atom stereocenters. The third-order valence-electron chi connectivity index (χ3n) is 5.83. The number of hydrogen-bond acceptors (Lipinski definition) is 3. The quantitative estimate of drug-likeness (QED) is 0.730. The Morgan fingerprint density at radius 3 is 2.38 bits per heavy atom. The lowest BCUT2D eigenvalue weighted by Crippen LogP contribution is -2.44. The molecule has 1 aliphatic heterocycles. The minimum absolute atomic E-state index is 0.0505. The van der Waals surface area contributed by atoms with Crippen LogP contribution in [0.3, 0.4) is 0 Å². The zero-order valence-corrected chi connectivity index (χ0v) is 18.6. The van der Waals surface area contributed by atoms with E-state index in [4.69, 9.17) is 0 Å². The number of nitrogens with one attached hydrogen (secondary N) is 2. The van der Waals surface area contributed by atoms with Crippen LogP contribution in [0.5, 0.6) is 0 Å². The third-order valence-corrected chi connectivity index (χ3v) is 5.83. The summed E-state index contributed by atoms with van der Waals surface area (Å²) in [6.45, 7) is 1.19. The van der Waals surface area contributed by atoms with Crippen LogP contribution in [0.4, 0.5) is 0 Å². The average molecular weight is 436 g/mol. The van der Waals surface area contributed by atoms with Crippen LogP contribution < -0.4 is 10.6 Å². The molecule has 3 amide bonds. The molecule has 1 aliphatic rings. The zero-order valence-electron chi connectivity index (χ0n) is 18.6. The van der Waals surface area contributed by atoms with Crippen LogP contribution in [0.2, 0.25) is 0 Å². The molecule has 2 aromatic rings. The lowest BCUT2D eigenvalue weighted by molar-refractivity contribution is -0.136. The minimum atomic E-state index is -0.344. The van der Waals surface area contributed by atoms with Crippen molar-refractivity contribution in [1.29, 1.82) is 0 Å². The van der Waals surface area contributed by atoms with E-state index < -0.39 is 0 Å². The van der Waals surface area contributed by atoms with Gasteiger partial charge in [-0.3, -0.25) is 14.4 Å². The predicted molar refractivity (Wildman–Crippen MR) is 125 cm³/mol. The van der Waals surface area contributed by atoms with Gasteiger partial charge in [0.1, 0.15) is 0 Å². The van der Waals surface area contributed by atoms with Crippen molar-refractivity contribution in [3.63, 3.8) is 0 Å². The van der Waals surface area contributed by atoms with E-state index in [9.17, 15) is 14.4 Å². The maximum Gasteiger partial charge on any atom is 0.242 e. The fourth-order valence-corrected chi connectivity index (χ4v) is 4.04. The Morgan fingerprint density at radius 2 is 1.62 bits per heavy atom. The van der Waals surface area contributed by atoms with E-state index in [0.717, 1.165) is 36.8 Å². The van der Waals surface area contributed by atoms with Gasteiger partial charge in [-0.05, 0) is 30.4 Å². The Kier molecular flexibility index (Phi) is 9.29. The Bertz CT molecular complexity index is 870. The molecule has 0 radical (unpaired) electrons. The van der Waals surface area contributed by atoms with Crippen molar-refractivity contribution >= 4 is 17.7 Å². The van der Waals surface area contributed by atoms with Crippen LogP contribution in [0, 0.1) is 0 Å². The Hall–Kier alpha value is -3.15. The molecule has 0 saturated carbocycles. The maximum absolute atomic E-state index is 13.2. The molecule has 1 heterocycles. The molecular weight excluding hydrogens is 402 g/mol. The van der Waals surface area contributed by atoms with Crippen LogP contribution in [0.1, 0.15) is 55.7 Å². The minimum Gasteiger partial charge on any atom is -0.356 e. The second-order valence-electron chi connectivity index (χ2n) is 8.24. The number of rotatable bonds is 6. The summed E-state index contributed by atoms with van der Waals surface area (Å²) >= 11 is 0. The number of carbonyl (C=O) groups is 3. The second kappa shape index (κ2) is 12.6. The molecule has 0 aliphatic carbocycles. The fraction of sp³-hybridized carbons (Fsp3) is 0.423. The topological polar surface area (TPSA) is 78.5 Å². The normalized spacial score (nSPS) is 17.7. The van der Waals surface area contributed by atoms with Crippen molar-refractivity contribution in [2.75, 3.05) is 19.6 Å². The van der Waals surface area contributed by atoms with Gasteiger partial charge in [0.05, 0.1) is 19.0 Å². The molecule has 0 spiro atoms. The van der Waals surface area contributed by atoms with Crippen LogP contribution in [0.25, 0.3) is 0 Å². The van der Waals surface area contributed by atoms with Crippen molar-refractivity contribution in [3.05, 3.63) is 71.8 Å². The molecule has 6 heteroatoms. The van der Waals surface area contributed by atoms with Gasteiger partial charge in [0.2, 0.25) is 17.7 Å². The number of aryl methyl sites for hydroxylation is 1. The van der Waals surface area contributed by atoms with E-state index >= 15 is 0 Å². The third kappa shape index (κ3) is 7.52. The van der Waals surface area contributed by atoms with Gasteiger partial charge >= 0.3 is 0 Å². The monoisotopic (exact) mass is 435 g/mol. The first-order valence-electron chi connectivity index (χ1n) is 11.6. The van der Waals surface area contributed by atoms with Crippen molar-refractivity contribution < 1.29 is 14.4 Å². The number of amides is 3. The first-order valence-corrected chi connectivity index (χ1v) is 11.6. The Morgan fingerprint density at radius 1 is 0.938 bits per heavy atom. The average Bonchev–Trinajstić information content (AvgIpc) is 2.87. The highest BCUT2D eigenvalue weighted by atomic mass is 16.2. The van der Waals surface area contributed by atoms with E-state index in [2.05, 4.69) is 10.6 Å². The smallest absolute Gasteiger partial charge is 0.242 e. The molecule has 1 atom stereocenters. The molecule has 1 fully saturated rings. The molecule has 0 bridgehead atoms. The van der Waals surface area contributed by atoms with Gasteiger partial charge in [0, 0.05) is 19.5 Å². The Balaban J connectivity index is 1.65. The molecule has 6 nitrogen and oxygen atoms in total. The van der Waals surface area contributed by atoms with Crippen LogP contribution in [0.15, 0.2) is 60.7 Å². The molecule has 3 rings (SSSR count). The molecule has 0 aromatic heterocycles. The number of nitrogens with zero attached hydrogens (tertiary/aromatic N) is 1. The summed E-state index contributed by atoms with van der Waals surface area (Å²) in [5.41, 5.74) is 2.03. The van der Waals surface area contributed by atoms with Gasteiger partial charge in [-0.25, -0.2) is 0 Å². The summed E-state index contributed by atoms with van der Waals surface area (Å²) in [6, 6.07) is 19.2. The molecule has 2 N–H and O–H groups in total. The van der Waals surface area contributed by atoms with E-state index in [1.54, 1.807) is 4.90 Å². The van der Waals surface area contributed by atoms with Crippen LogP contribution >= 0.6 is 0 Å². The van der Waals surface area contributed by atoms with Gasteiger partial charge in [0.15, 0.2) is 0 Å². The van der Waals surface area contributed by atoms with E-state index in [1.807, 2.05) is 60.7 Å². The first-order chi connectivity index (χ1) is 15.6. The largest absolute Gasteiger partial charge is 0.356 e.